The van der Waals surface area contributed by atoms with Crippen molar-refractivity contribution in [3.8, 4) is 22.9 Å². The Morgan fingerprint density at radius 1 is 1.05 bits per heavy atom. The molecule has 5 heteroatoms. The summed E-state index contributed by atoms with van der Waals surface area (Å²) in [6.45, 7) is 4.26. The Hall–Kier alpha value is -2.69. The van der Waals surface area contributed by atoms with E-state index in [-0.39, 0.29) is 0 Å². The molecule has 0 saturated carbocycles. The molecule has 0 aliphatic carbocycles. The van der Waals surface area contributed by atoms with Gasteiger partial charge in [0.25, 0.3) is 0 Å². The van der Waals surface area contributed by atoms with Crippen molar-refractivity contribution in [1.29, 1.82) is 0 Å². The van der Waals surface area contributed by atoms with Crippen molar-refractivity contribution in [2.24, 2.45) is 0 Å². The van der Waals surface area contributed by atoms with Crippen molar-refractivity contribution in [2.75, 3.05) is 0 Å². The van der Waals surface area contributed by atoms with Gasteiger partial charge in [-0.2, -0.15) is 5.21 Å². The van der Waals surface area contributed by atoms with Crippen LogP contribution in [0.5, 0.6) is 11.5 Å². The van der Waals surface area contributed by atoms with Crippen LogP contribution in [0.2, 0.25) is 0 Å². The quantitative estimate of drug-likeness (QED) is 0.794. The predicted octanol–water partition coefficient (Wildman–Crippen LogP) is 3.53. The number of ether oxygens (including phenoxy) is 1. The maximum absolute atomic E-state index is 5.88. The molecule has 0 radical (unpaired) electrons. The highest BCUT2D eigenvalue weighted by molar-refractivity contribution is 5.55. The molecule has 3 aromatic rings. The van der Waals surface area contributed by atoms with Crippen molar-refractivity contribution >= 4 is 0 Å². The van der Waals surface area contributed by atoms with Gasteiger partial charge in [-0.25, -0.2) is 0 Å². The van der Waals surface area contributed by atoms with Crippen molar-refractivity contribution in [3.05, 3.63) is 53.6 Å². The van der Waals surface area contributed by atoms with Crippen molar-refractivity contribution in [1.82, 2.24) is 20.6 Å². The summed E-state index contributed by atoms with van der Waals surface area (Å²) in [6, 6.07) is 13.8. The summed E-state index contributed by atoms with van der Waals surface area (Å²) >= 11 is 0. The van der Waals surface area contributed by atoms with E-state index in [1.54, 1.807) is 0 Å². The Kier molecular flexibility index (Phi) is 3.64. The number of nitrogens with zero attached hydrogens (tertiary/aromatic N) is 3. The number of tetrazole rings is 1. The molecule has 5 nitrogen and oxygen atoms in total. The number of hydrogen-bond donors (Lipinski definition) is 1. The van der Waals surface area contributed by atoms with E-state index in [0.717, 1.165) is 23.5 Å². The Morgan fingerprint density at radius 3 is 2.48 bits per heavy atom. The monoisotopic (exact) mass is 280 g/mol. The molecule has 0 aliphatic heterocycles. The largest absolute Gasteiger partial charge is 0.457 e. The molecular weight excluding hydrogens is 264 g/mol. The van der Waals surface area contributed by atoms with Gasteiger partial charge in [0.1, 0.15) is 11.5 Å². The van der Waals surface area contributed by atoms with E-state index in [2.05, 4.69) is 46.6 Å². The fraction of sp³-hybridized carbons (Fsp3) is 0.188. The smallest absolute Gasteiger partial charge is 0.204 e. The minimum Gasteiger partial charge on any atom is -0.457 e. The number of nitrogens with one attached hydrogen (secondary N) is 1. The molecule has 0 atom stereocenters. The summed E-state index contributed by atoms with van der Waals surface area (Å²) in [7, 11) is 0. The van der Waals surface area contributed by atoms with Crippen molar-refractivity contribution in [2.45, 2.75) is 20.3 Å². The Morgan fingerprint density at radius 2 is 1.81 bits per heavy atom. The van der Waals surface area contributed by atoms with E-state index in [0.29, 0.717) is 5.82 Å². The minimum absolute atomic E-state index is 0.574. The van der Waals surface area contributed by atoms with Gasteiger partial charge in [-0.1, -0.05) is 13.0 Å². The normalized spacial score (nSPS) is 10.6. The molecule has 1 heterocycles. The molecule has 0 fully saturated rings. The molecule has 21 heavy (non-hydrogen) atoms. The van der Waals surface area contributed by atoms with Gasteiger partial charge in [-0.05, 0) is 66.1 Å². The summed E-state index contributed by atoms with van der Waals surface area (Å²) in [5.74, 6) is 2.21. The number of aromatic nitrogens is 4. The summed E-state index contributed by atoms with van der Waals surface area (Å²) in [5.41, 5.74) is 3.49. The zero-order valence-electron chi connectivity index (χ0n) is 12.0. The SMILES string of the molecule is CCc1cc(Oc2ccc(-c3nn[nH]n3)cc2)ccc1C. The number of H-pyrrole nitrogens is 1. The van der Waals surface area contributed by atoms with E-state index in [1.807, 2.05) is 30.3 Å². The van der Waals surface area contributed by atoms with Crippen molar-refractivity contribution < 1.29 is 4.74 Å². The van der Waals surface area contributed by atoms with Gasteiger partial charge in [-0.3, -0.25) is 0 Å². The fourth-order valence-corrected chi connectivity index (χ4v) is 2.18. The molecule has 0 aliphatic rings. The molecule has 106 valence electrons. The van der Waals surface area contributed by atoms with E-state index in [9.17, 15) is 0 Å². The van der Waals surface area contributed by atoms with Gasteiger partial charge >= 0.3 is 0 Å². The van der Waals surface area contributed by atoms with Crippen LogP contribution in [-0.4, -0.2) is 20.6 Å². The highest BCUT2D eigenvalue weighted by Gasteiger charge is 2.04. The third-order valence-corrected chi connectivity index (χ3v) is 3.40. The average molecular weight is 280 g/mol. The lowest BCUT2D eigenvalue weighted by Crippen LogP contribution is -1.90. The first kappa shape index (κ1) is 13.3. The lowest BCUT2D eigenvalue weighted by molar-refractivity contribution is 0.482. The first-order valence-corrected chi connectivity index (χ1v) is 6.87. The molecule has 0 spiro atoms. The first-order chi connectivity index (χ1) is 10.3. The first-order valence-electron chi connectivity index (χ1n) is 6.87. The van der Waals surface area contributed by atoms with Gasteiger partial charge < -0.3 is 4.74 Å². The van der Waals surface area contributed by atoms with Gasteiger partial charge in [0.15, 0.2) is 0 Å². The maximum Gasteiger partial charge on any atom is 0.204 e. The van der Waals surface area contributed by atoms with E-state index < -0.39 is 0 Å². The number of aryl methyl sites for hydroxylation is 2. The zero-order chi connectivity index (χ0) is 14.7. The third-order valence-electron chi connectivity index (χ3n) is 3.40. The second-order valence-electron chi connectivity index (χ2n) is 4.80. The molecule has 2 aromatic carbocycles. The van der Waals surface area contributed by atoms with Gasteiger partial charge in [-0.15, -0.1) is 10.2 Å². The highest BCUT2D eigenvalue weighted by Crippen LogP contribution is 2.26. The van der Waals surface area contributed by atoms with E-state index in [1.165, 1.54) is 11.1 Å². The van der Waals surface area contributed by atoms with Crippen LogP contribution in [0.25, 0.3) is 11.4 Å². The van der Waals surface area contributed by atoms with Crippen molar-refractivity contribution in [3.63, 3.8) is 0 Å². The number of benzene rings is 2. The Bertz CT molecular complexity index is 721. The van der Waals surface area contributed by atoms with Gasteiger partial charge in [0.2, 0.25) is 5.82 Å². The van der Waals surface area contributed by atoms with Crippen LogP contribution < -0.4 is 4.74 Å². The molecule has 1 N–H and O–H groups in total. The summed E-state index contributed by atoms with van der Waals surface area (Å²) in [6.07, 6.45) is 1.000. The topological polar surface area (TPSA) is 63.7 Å². The van der Waals surface area contributed by atoms with Crippen LogP contribution in [-0.2, 0) is 6.42 Å². The molecule has 0 bridgehead atoms. The van der Waals surface area contributed by atoms with Crippen LogP contribution in [0.1, 0.15) is 18.1 Å². The molecule has 0 amide bonds. The number of rotatable bonds is 4. The minimum atomic E-state index is 0.574. The fourth-order valence-electron chi connectivity index (χ4n) is 2.18. The third kappa shape index (κ3) is 2.91. The molecule has 3 rings (SSSR count). The Labute approximate surface area is 123 Å². The van der Waals surface area contributed by atoms with Crippen LogP contribution >= 0.6 is 0 Å². The van der Waals surface area contributed by atoms with Crippen LogP contribution in [0.4, 0.5) is 0 Å². The zero-order valence-corrected chi connectivity index (χ0v) is 12.0. The van der Waals surface area contributed by atoms with Crippen LogP contribution in [0.3, 0.4) is 0 Å². The summed E-state index contributed by atoms with van der Waals surface area (Å²) in [4.78, 5) is 0. The second kappa shape index (κ2) is 5.75. The maximum atomic E-state index is 5.88. The Balaban J connectivity index is 1.79. The van der Waals surface area contributed by atoms with Gasteiger partial charge in [0, 0.05) is 5.56 Å². The average Bonchev–Trinajstić information content (AvgIpc) is 3.04. The number of aromatic amines is 1. The molecule has 0 unspecified atom stereocenters. The second-order valence-corrected chi connectivity index (χ2v) is 4.80. The highest BCUT2D eigenvalue weighted by atomic mass is 16.5. The molecule has 0 saturated heterocycles. The van der Waals surface area contributed by atoms with Crippen LogP contribution in [0.15, 0.2) is 42.5 Å². The summed E-state index contributed by atoms with van der Waals surface area (Å²) in [5, 5.41) is 13.9. The standard InChI is InChI=1S/C16H16N4O/c1-3-12-10-15(7-4-11(12)2)21-14-8-5-13(6-9-14)16-17-19-20-18-16/h4-10H,3H2,1-2H3,(H,17,18,19,20). The van der Waals surface area contributed by atoms with E-state index >= 15 is 0 Å². The van der Waals surface area contributed by atoms with E-state index in [4.69, 9.17) is 4.74 Å². The lowest BCUT2D eigenvalue weighted by Gasteiger charge is -2.09. The molecule has 1 aromatic heterocycles. The predicted molar refractivity (Wildman–Crippen MR) is 80.2 cm³/mol. The molecular formula is C16H16N4O. The summed E-state index contributed by atoms with van der Waals surface area (Å²) < 4.78 is 5.88. The van der Waals surface area contributed by atoms with Gasteiger partial charge in [0.05, 0.1) is 0 Å². The number of hydrogen-bond acceptors (Lipinski definition) is 4. The lowest BCUT2D eigenvalue weighted by atomic mass is 10.1. The van der Waals surface area contributed by atoms with Crippen LogP contribution in [0, 0.1) is 6.92 Å².